The molecule has 0 saturated heterocycles. The zero-order chi connectivity index (χ0) is 17.3. The van der Waals surface area contributed by atoms with Gasteiger partial charge in [0.2, 0.25) is 10.0 Å². The summed E-state index contributed by atoms with van der Waals surface area (Å²) in [7, 11) is -2.09. The maximum absolute atomic E-state index is 12.8. The minimum Gasteiger partial charge on any atom is -0.308 e. The van der Waals surface area contributed by atoms with Crippen LogP contribution in [0, 0.1) is 6.92 Å². The molecule has 2 aromatic carbocycles. The Morgan fingerprint density at radius 2 is 1.83 bits per heavy atom. The minimum absolute atomic E-state index is 0.0554. The van der Waals surface area contributed by atoms with E-state index in [1.54, 1.807) is 23.1 Å². The topological polar surface area (TPSA) is 66.5 Å². The summed E-state index contributed by atoms with van der Waals surface area (Å²) in [5.41, 5.74) is 3.42. The van der Waals surface area contributed by atoms with Crippen LogP contribution < -0.4 is 9.62 Å². The van der Waals surface area contributed by atoms with E-state index in [2.05, 4.69) is 4.72 Å². The molecule has 24 heavy (non-hydrogen) atoms. The molecule has 0 radical (unpaired) electrons. The molecular formula is C18H20N2O3S. The fourth-order valence-electron chi connectivity index (χ4n) is 2.92. The molecule has 1 aliphatic rings. The van der Waals surface area contributed by atoms with Crippen LogP contribution in [0.3, 0.4) is 0 Å². The summed E-state index contributed by atoms with van der Waals surface area (Å²) in [6, 6.07) is 12.4. The molecule has 6 heteroatoms. The Morgan fingerprint density at radius 1 is 1.12 bits per heavy atom. The lowest BCUT2D eigenvalue weighted by molar-refractivity contribution is 0.0985. The number of amides is 1. The Labute approximate surface area is 142 Å². The quantitative estimate of drug-likeness (QED) is 0.930. The molecule has 0 spiro atoms. The van der Waals surface area contributed by atoms with Gasteiger partial charge in [-0.3, -0.25) is 4.79 Å². The van der Waals surface area contributed by atoms with Crippen LogP contribution in [-0.2, 0) is 16.4 Å². The Balaban J connectivity index is 1.97. The van der Waals surface area contributed by atoms with Gasteiger partial charge in [-0.05, 0) is 62.7 Å². The van der Waals surface area contributed by atoms with Crippen molar-refractivity contribution in [3.63, 3.8) is 0 Å². The Morgan fingerprint density at radius 3 is 2.50 bits per heavy atom. The number of sulfonamides is 1. The van der Waals surface area contributed by atoms with Crippen molar-refractivity contribution in [3.8, 4) is 0 Å². The third-order valence-corrected chi connectivity index (χ3v) is 5.70. The van der Waals surface area contributed by atoms with Gasteiger partial charge >= 0.3 is 0 Å². The average Bonchev–Trinajstić information content (AvgIpc) is 2.60. The van der Waals surface area contributed by atoms with Crippen molar-refractivity contribution in [2.24, 2.45) is 0 Å². The Kier molecular flexibility index (Phi) is 4.43. The molecule has 0 bridgehead atoms. The monoisotopic (exact) mass is 344 g/mol. The number of carbonyl (C=O) groups excluding carboxylic acids is 1. The summed E-state index contributed by atoms with van der Waals surface area (Å²) in [4.78, 5) is 14.8. The molecule has 0 aromatic heterocycles. The van der Waals surface area contributed by atoms with Crippen molar-refractivity contribution in [1.29, 1.82) is 0 Å². The molecule has 2 aromatic rings. The number of nitrogens with one attached hydrogen (secondary N) is 1. The van der Waals surface area contributed by atoms with Crippen molar-refractivity contribution in [1.82, 2.24) is 4.72 Å². The highest BCUT2D eigenvalue weighted by Gasteiger charge is 2.25. The first-order chi connectivity index (χ1) is 11.4. The molecule has 0 aliphatic carbocycles. The second-order valence-electron chi connectivity index (χ2n) is 5.92. The third-order valence-electron chi connectivity index (χ3n) is 4.29. The SMILES string of the molecule is CNS(=O)(=O)c1ccc2c(c1)CCCN2C(=O)c1ccc(C)cc1. The first-order valence-corrected chi connectivity index (χ1v) is 9.36. The average molecular weight is 344 g/mol. The van der Waals surface area contributed by atoms with E-state index < -0.39 is 10.0 Å². The highest BCUT2D eigenvalue weighted by atomic mass is 32.2. The van der Waals surface area contributed by atoms with Gasteiger partial charge in [-0.2, -0.15) is 0 Å². The number of aryl methyl sites for hydroxylation is 2. The fourth-order valence-corrected chi connectivity index (χ4v) is 3.70. The summed E-state index contributed by atoms with van der Waals surface area (Å²) >= 11 is 0. The Hall–Kier alpha value is -2.18. The fraction of sp³-hybridized carbons (Fsp3) is 0.278. The smallest absolute Gasteiger partial charge is 0.258 e. The number of hydrogen-bond acceptors (Lipinski definition) is 3. The molecule has 3 rings (SSSR count). The molecule has 0 atom stereocenters. The van der Waals surface area contributed by atoms with Crippen LogP contribution in [0.5, 0.6) is 0 Å². The van der Waals surface area contributed by atoms with E-state index >= 15 is 0 Å². The summed E-state index contributed by atoms with van der Waals surface area (Å²) in [6.45, 7) is 2.62. The zero-order valence-corrected chi connectivity index (χ0v) is 14.6. The zero-order valence-electron chi connectivity index (χ0n) is 13.7. The van der Waals surface area contributed by atoms with Gasteiger partial charge in [0.05, 0.1) is 4.90 Å². The molecule has 5 nitrogen and oxygen atoms in total. The minimum atomic E-state index is -3.48. The summed E-state index contributed by atoms with van der Waals surface area (Å²) < 4.78 is 26.2. The van der Waals surface area contributed by atoms with Gasteiger partial charge in [0.15, 0.2) is 0 Å². The molecule has 1 heterocycles. The number of carbonyl (C=O) groups is 1. The van der Waals surface area contributed by atoms with Gasteiger partial charge in [0, 0.05) is 17.8 Å². The van der Waals surface area contributed by atoms with E-state index in [1.165, 1.54) is 7.05 Å². The van der Waals surface area contributed by atoms with Crippen LogP contribution in [0.1, 0.15) is 27.9 Å². The number of rotatable bonds is 3. The standard InChI is InChI=1S/C18H20N2O3S/c1-13-5-7-14(8-6-13)18(21)20-11-3-4-15-12-16(9-10-17(15)20)24(22,23)19-2/h5-10,12,19H,3-4,11H2,1-2H3. The van der Waals surface area contributed by atoms with Crippen molar-refractivity contribution in [2.75, 3.05) is 18.5 Å². The van der Waals surface area contributed by atoms with E-state index in [-0.39, 0.29) is 10.8 Å². The second-order valence-corrected chi connectivity index (χ2v) is 7.81. The van der Waals surface area contributed by atoms with Crippen LogP contribution in [-0.4, -0.2) is 27.9 Å². The van der Waals surface area contributed by atoms with Crippen molar-refractivity contribution in [3.05, 3.63) is 59.2 Å². The third kappa shape index (κ3) is 3.07. The summed E-state index contributed by atoms with van der Waals surface area (Å²) in [6.07, 6.45) is 1.58. The normalized spacial score (nSPS) is 14.3. The van der Waals surface area contributed by atoms with Crippen LogP contribution in [0.2, 0.25) is 0 Å². The predicted octanol–water partition coefficient (Wildman–Crippen LogP) is 2.50. The van der Waals surface area contributed by atoms with Gasteiger partial charge < -0.3 is 4.90 Å². The number of nitrogens with zero attached hydrogens (tertiary/aromatic N) is 1. The van der Waals surface area contributed by atoms with E-state index in [1.807, 2.05) is 31.2 Å². The molecule has 0 fully saturated rings. The highest BCUT2D eigenvalue weighted by molar-refractivity contribution is 7.89. The molecule has 126 valence electrons. The van der Waals surface area contributed by atoms with Crippen LogP contribution in [0.4, 0.5) is 5.69 Å². The van der Waals surface area contributed by atoms with E-state index in [9.17, 15) is 13.2 Å². The van der Waals surface area contributed by atoms with Gasteiger partial charge in [0.1, 0.15) is 0 Å². The van der Waals surface area contributed by atoms with Gasteiger partial charge in [-0.15, -0.1) is 0 Å². The van der Waals surface area contributed by atoms with E-state index in [0.717, 1.165) is 29.7 Å². The van der Waals surface area contributed by atoms with Crippen LogP contribution in [0.15, 0.2) is 47.4 Å². The number of hydrogen-bond donors (Lipinski definition) is 1. The van der Waals surface area contributed by atoms with Gasteiger partial charge in [-0.25, -0.2) is 13.1 Å². The maximum atomic E-state index is 12.8. The maximum Gasteiger partial charge on any atom is 0.258 e. The number of anilines is 1. The van der Waals surface area contributed by atoms with Crippen molar-refractivity contribution >= 4 is 21.6 Å². The van der Waals surface area contributed by atoms with Gasteiger partial charge in [-0.1, -0.05) is 17.7 Å². The lowest BCUT2D eigenvalue weighted by atomic mass is 10.0. The van der Waals surface area contributed by atoms with Crippen molar-refractivity contribution in [2.45, 2.75) is 24.7 Å². The second kappa shape index (κ2) is 6.37. The molecule has 1 aliphatic heterocycles. The largest absolute Gasteiger partial charge is 0.308 e. The number of benzene rings is 2. The predicted molar refractivity (Wildman–Crippen MR) is 93.9 cm³/mol. The first kappa shape index (κ1) is 16.7. The summed E-state index contributed by atoms with van der Waals surface area (Å²) in [5.74, 6) is -0.0554. The van der Waals surface area contributed by atoms with Gasteiger partial charge in [0.25, 0.3) is 5.91 Å². The van der Waals surface area contributed by atoms with E-state index in [0.29, 0.717) is 12.1 Å². The molecular weight excluding hydrogens is 324 g/mol. The molecule has 0 unspecified atom stereocenters. The molecule has 0 saturated carbocycles. The lowest BCUT2D eigenvalue weighted by Crippen LogP contribution is -2.35. The first-order valence-electron chi connectivity index (χ1n) is 7.87. The van der Waals surface area contributed by atoms with Crippen LogP contribution in [0.25, 0.3) is 0 Å². The highest BCUT2D eigenvalue weighted by Crippen LogP contribution is 2.30. The molecule has 1 amide bonds. The lowest BCUT2D eigenvalue weighted by Gasteiger charge is -2.30. The van der Waals surface area contributed by atoms with Crippen LogP contribution >= 0.6 is 0 Å². The summed E-state index contributed by atoms with van der Waals surface area (Å²) in [5, 5.41) is 0. The molecule has 1 N–H and O–H groups in total. The Bertz CT molecular complexity index is 874. The number of fused-ring (bicyclic) bond motifs is 1. The van der Waals surface area contributed by atoms with E-state index in [4.69, 9.17) is 0 Å². The van der Waals surface area contributed by atoms with Crippen molar-refractivity contribution < 1.29 is 13.2 Å².